The molecule has 2 atom stereocenters. The average molecular weight is 396 g/mol. The fourth-order valence-corrected chi connectivity index (χ4v) is 3.73. The summed E-state index contributed by atoms with van der Waals surface area (Å²) < 4.78 is 11.2. The minimum atomic E-state index is -0.297. The summed E-state index contributed by atoms with van der Waals surface area (Å²) in [5, 5.41) is 4.55. The van der Waals surface area contributed by atoms with Gasteiger partial charge in [0.2, 0.25) is 5.91 Å². The van der Waals surface area contributed by atoms with Crippen molar-refractivity contribution in [3.63, 3.8) is 0 Å². The van der Waals surface area contributed by atoms with E-state index in [1.807, 2.05) is 43.5 Å². The summed E-state index contributed by atoms with van der Waals surface area (Å²) in [6.07, 6.45) is 2.04. The molecule has 2 N–H and O–H groups in total. The highest BCUT2D eigenvalue weighted by Gasteiger charge is 2.25. The Morgan fingerprint density at radius 1 is 1.07 bits per heavy atom. The lowest BCUT2D eigenvalue weighted by molar-refractivity contribution is -0.130. The van der Waals surface area contributed by atoms with Crippen LogP contribution in [0.1, 0.15) is 24.0 Å². The Hall–Kier alpha value is -2.99. The number of hydrogen-bond acceptors (Lipinski definition) is 4. The van der Waals surface area contributed by atoms with Gasteiger partial charge in [-0.3, -0.25) is 4.79 Å². The van der Waals surface area contributed by atoms with Gasteiger partial charge in [-0.2, -0.15) is 0 Å². The van der Waals surface area contributed by atoms with Crippen LogP contribution in [0.3, 0.4) is 0 Å². The number of methoxy groups -OCH3 is 2. The fraction of sp³-hybridized carbons (Fsp3) is 0.348. The molecule has 0 aliphatic rings. The van der Waals surface area contributed by atoms with Gasteiger partial charge in [0.25, 0.3) is 0 Å². The van der Waals surface area contributed by atoms with Gasteiger partial charge in [-0.05, 0) is 24.6 Å². The molecular formula is C23H29N3O3. The predicted octanol–water partition coefficient (Wildman–Crippen LogP) is 3.38. The number of carbonyl (C=O) groups excluding carboxylic acids is 1. The van der Waals surface area contributed by atoms with Gasteiger partial charge < -0.3 is 24.7 Å². The molecule has 1 heterocycles. The number of aromatic amines is 1. The van der Waals surface area contributed by atoms with E-state index in [1.165, 1.54) is 0 Å². The zero-order chi connectivity index (χ0) is 21.0. The fourth-order valence-electron chi connectivity index (χ4n) is 3.73. The summed E-state index contributed by atoms with van der Waals surface area (Å²) in [5.74, 6) is 1.40. The van der Waals surface area contributed by atoms with Gasteiger partial charge in [0, 0.05) is 49.2 Å². The Kier molecular flexibility index (Phi) is 6.44. The molecule has 0 saturated carbocycles. The Morgan fingerprint density at radius 3 is 2.52 bits per heavy atom. The molecule has 154 valence electrons. The first-order valence-corrected chi connectivity index (χ1v) is 9.69. The van der Waals surface area contributed by atoms with Crippen molar-refractivity contribution in [2.75, 3.05) is 34.9 Å². The third-order valence-electron chi connectivity index (χ3n) is 5.24. The number of H-pyrrole nitrogens is 1. The van der Waals surface area contributed by atoms with Crippen LogP contribution in [-0.4, -0.2) is 56.7 Å². The minimum Gasteiger partial charge on any atom is -0.493 e. The quantitative estimate of drug-likeness (QED) is 0.614. The first-order valence-electron chi connectivity index (χ1n) is 9.69. The number of amides is 1. The predicted molar refractivity (Wildman–Crippen MR) is 116 cm³/mol. The third kappa shape index (κ3) is 4.22. The van der Waals surface area contributed by atoms with Crippen molar-refractivity contribution in [2.45, 2.75) is 18.9 Å². The van der Waals surface area contributed by atoms with Crippen LogP contribution in [0.2, 0.25) is 0 Å². The summed E-state index contributed by atoms with van der Waals surface area (Å²) in [7, 11) is 6.82. The number of nitrogens with zero attached hydrogens (tertiary/aromatic N) is 1. The number of benzene rings is 2. The van der Waals surface area contributed by atoms with E-state index in [9.17, 15) is 4.79 Å². The zero-order valence-electron chi connectivity index (χ0n) is 17.7. The van der Waals surface area contributed by atoms with Crippen LogP contribution in [0.25, 0.3) is 10.9 Å². The highest BCUT2D eigenvalue weighted by atomic mass is 16.5. The monoisotopic (exact) mass is 395 g/mol. The molecule has 3 aromatic rings. The van der Waals surface area contributed by atoms with Crippen LogP contribution in [0.4, 0.5) is 0 Å². The van der Waals surface area contributed by atoms with Gasteiger partial charge in [-0.15, -0.1) is 0 Å². The van der Waals surface area contributed by atoms with Crippen molar-refractivity contribution in [2.24, 2.45) is 0 Å². The molecule has 3 rings (SSSR count). The highest BCUT2D eigenvalue weighted by molar-refractivity contribution is 5.84. The van der Waals surface area contributed by atoms with Crippen LogP contribution in [-0.2, 0) is 4.79 Å². The Bertz CT molecular complexity index is 980. The van der Waals surface area contributed by atoms with E-state index in [0.717, 1.165) is 22.0 Å². The van der Waals surface area contributed by atoms with Gasteiger partial charge >= 0.3 is 0 Å². The van der Waals surface area contributed by atoms with Gasteiger partial charge in [-0.25, -0.2) is 0 Å². The number of hydrogen-bond donors (Lipinski definition) is 2. The molecule has 0 saturated heterocycles. The van der Waals surface area contributed by atoms with Crippen LogP contribution < -0.4 is 14.8 Å². The second-order valence-electron chi connectivity index (χ2n) is 7.29. The molecule has 6 heteroatoms. The standard InChI is InChI=1S/C23H29N3O3/c1-15(23(27)26(2)3)24-13-19(17-10-8-12-21(28-4)22(17)29-5)18-14-25-20-11-7-6-9-16(18)20/h6-12,14-15,19,24-25H,13H2,1-5H3/t15-,19-/m1/s1. The molecular weight excluding hydrogens is 366 g/mol. The van der Waals surface area contributed by atoms with Crippen LogP contribution in [0, 0.1) is 0 Å². The second kappa shape index (κ2) is 9.01. The molecule has 0 unspecified atom stereocenters. The molecule has 0 aliphatic carbocycles. The molecule has 0 bridgehead atoms. The lowest BCUT2D eigenvalue weighted by Gasteiger charge is -2.24. The van der Waals surface area contributed by atoms with Gasteiger partial charge in [-0.1, -0.05) is 30.3 Å². The van der Waals surface area contributed by atoms with Crippen molar-refractivity contribution in [1.29, 1.82) is 0 Å². The zero-order valence-corrected chi connectivity index (χ0v) is 17.7. The smallest absolute Gasteiger partial charge is 0.238 e. The Balaban J connectivity index is 2.04. The summed E-state index contributed by atoms with van der Waals surface area (Å²) in [6, 6.07) is 13.8. The van der Waals surface area contributed by atoms with Crippen LogP contribution in [0.15, 0.2) is 48.7 Å². The van der Waals surface area contributed by atoms with Crippen molar-refractivity contribution in [3.05, 3.63) is 59.8 Å². The topological polar surface area (TPSA) is 66.6 Å². The number of rotatable bonds is 8. The lowest BCUT2D eigenvalue weighted by Crippen LogP contribution is -2.43. The van der Waals surface area contributed by atoms with Gasteiger partial charge in [0.1, 0.15) is 0 Å². The number of likely N-dealkylation sites (N-methyl/N-ethyl adjacent to an activating group) is 1. The minimum absolute atomic E-state index is 0.0337. The Morgan fingerprint density at radius 2 is 1.83 bits per heavy atom. The number of fused-ring (bicyclic) bond motifs is 1. The molecule has 1 amide bonds. The summed E-state index contributed by atoms with van der Waals surface area (Å²) in [4.78, 5) is 17.3. The molecule has 29 heavy (non-hydrogen) atoms. The van der Waals surface area contributed by atoms with Crippen LogP contribution in [0.5, 0.6) is 11.5 Å². The maximum atomic E-state index is 12.3. The molecule has 0 spiro atoms. The van der Waals surface area contributed by atoms with E-state index in [4.69, 9.17) is 9.47 Å². The van der Waals surface area contributed by atoms with Gasteiger partial charge in [0.05, 0.1) is 20.3 Å². The molecule has 6 nitrogen and oxygen atoms in total. The van der Waals surface area contributed by atoms with E-state index in [-0.39, 0.29) is 17.9 Å². The van der Waals surface area contributed by atoms with Crippen molar-refractivity contribution >= 4 is 16.8 Å². The SMILES string of the molecule is COc1cccc([C@@H](CN[C@H](C)C(=O)N(C)C)c2c[nH]c3ccccc23)c1OC. The number of para-hydroxylation sites is 2. The first kappa shape index (κ1) is 20.7. The number of aromatic nitrogens is 1. The third-order valence-corrected chi connectivity index (χ3v) is 5.24. The lowest BCUT2D eigenvalue weighted by atomic mass is 9.89. The number of carbonyl (C=O) groups is 1. The average Bonchev–Trinajstić information content (AvgIpc) is 3.16. The van der Waals surface area contributed by atoms with E-state index < -0.39 is 0 Å². The maximum absolute atomic E-state index is 12.3. The Labute approximate surface area is 171 Å². The van der Waals surface area contributed by atoms with Crippen molar-refractivity contribution in [3.8, 4) is 11.5 Å². The molecule has 2 aromatic carbocycles. The normalized spacial score (nSPS) is 13.1. The molecule has 0 aliphatic heterocycles. The van der Waals surface area contributed by atoms with Crippen LogP contribution >= 0.6 is 0 Å². The summed E-state index contributed by atoms with van der Waals surface area (Å²) in [5.41, 5.74) is 3.23. The summed E-state index contributed by atoms with van der Waals surface area (Å²) in [6.45, 7) is 2.46. The first-order chi connectivity index (χ1) is 14.0. The highest BCUT2D eigenvalue weighted by Crippen LogP contribution is 2.40. The van der Waals surface area contributed by atoms with E-state index >= 15 is 0 Å². The number of ether oxygens (including phenoxy) is 2. The second-order valence-corrected chi connectivity index (χ2v) is 7.29. The van der Waals surface area contributed by atoms with Crippen molar-refractivity contribution in [1.82, 2.24) is 15.2 Å². The molecule has 0 radical (unpaired) electrons. The summed E-state index contributed by atoms with van der Waals surface area (Å²) >= 11 is 0. The maximum Gasteiger partial charge on any atom is 0.238 e. The largest absolute Gasteiger partial charge is 0.493 e. The molecule has 0 fully saturated rings. The van der Waals surface area contributed by atoms with E-state index in [2.05, 4.69) is 22.4 Å². The number of nitrogens with one attached hydrogen (secondary N) is 2. The van der Waals surface area contributed by atoms with Crippen molar-refractivity contribution < 1.29 is 14.3 Å². The van der Waals surface area contributed by atoms with E-state index in [0.29, 0.717) is 18.0 Å². The van der Waals surface area contributed by atoms with E-state index in [1.54, 1.807) is 33.2 Å². The van der Waals surface area contributed by atoms with Gasteiger partial charge in [0.15, 0.2) is 11.5 Å². The molecule has 1 aromatic heterocycles.